The molecule has 3 unspecified atom stereocenters. The van der Waals surface area contributed by atoms with E-state index in [1.165, 1.54) is 0 Å². The van der Waals surface area contributed by atoms with Crippen LogP contribution in [0.25, 0.3) is 0 Å². The van der Waals surface area contributed by atoms with Gasteiger partial charge in [0.2, 0.25) is 5.91 Å². The lowest BCUT2D eigenvalue weighted by Gasteiger charge is -2.34. The molecule has 0 saturated heterocycles. The maximum Gasteiger partial charge on any atom is 0.416 e. The van der Waals surface area contributed by atoms with Crippen molar-refractivity contribution in [3.8, 4) is 0 Å². The molecule has 0 bridgehead atoms. The van der Waals surface area contributed by atoms with E-state index < -0.39 is 29.4 Å². The Morgan fingerprint density at radius 3 is 2.36 bits per heavy atom. The Morgan fingerprint density at radius 2 is 1.82 bits per heavy atom. The molecular weight excluding hydrogens is 510 g/mol. The van der Waals surface area contributed by atoms with Crippen molar-refractivity contribution in [1.82, 2.24) is 0 Å². The summed E-state index contributed by atoms with van der Waals surface area (Å²) in [6, 6.07) is 10.0. The molecule has 0 spiro atoms. The van der Waals surface area contributed by atoms with E-state index in [0.717, 1.165) is 28.6 Å². The Balaban J connectivity index is 0.00000122. The van der Waals surface area contributed by atoms with Crippen LogP contribution < -0.4 is 5.32 Å². The van der Waals surface area contributed by atoms with Gasteiger partial charge in [-0.15, -0.1) is 0 Å². The molecule has 180 valence electrons. The lowest BCUT2D eigenvalue weighted by Crippen LogP contribution is -2.33. The number of ether oxygens (including phenoxy) is 1. The highest BCUT2D eigenvalue weighted by molar-refractivity contribution is 9.10. The molecule has 2 aromatic rings. The van der Waals surface area contributed by atoms with Gasteiger partial charge in [0.05, 0.1) is 11.3 Å². The third-order valence-electron chi connectivity index (χ3n) is 5.47. The number of carbonyl (C=O) groups is 2. The van der Waals surface area contributed by atoms with Gasteiger partial charge in [-0.2, -0.15) is 13.2 Å². The number of anilines is 1. The number of alkyl halides is 3. The number of methoxy groups -OCH3 is 1. The van der Waals surface area contributed by atoms with Gasteiger partial charge >= 0.3 is 6.18 Å². The standard InChI is InChI=1S/C22H22BrF4NO2.CH2O2/c1-30-12-13-8-15(14-2-5-18(23)6-3-14)10-16(9-13)21(29)28-20-7-4-17(11-19(20)24)22(25,26)27;2-1-3/h2-7,11,13,15-16H,8-10,12H2,1H3,(H,28,29);1H,(H,2,3). The minimum Gasteiger partial charge on any atom is -0.483 e. The number of benzene rings is 2. The predicted molar refractivity (Wildman–Crippen MR) is 118 cm³/mol. The van der Waals surface area contributed by atoms with Crippen molar-refractivity contribution >= 4 is 34.0 Å². The zero-order chi connectivity index (χ0) is 24.6. The molecule has 2 aromatic carbocycles. The summed E-state index contributed by atoms with van der Waals surface area (Å²) in [5.74, 6) is -1.59. The van der Waals surface area contributed by atoms with E-state index in [-0.39, 0.29) is 24.0 Å². The van der Waals surface area contributed by atoms with Crippen LogP contribution in [0.2, 0.25) is 0 Å². The molecule has 1 aliphatic carbocycles. The molecule has 1 fully saturated rings. The fourth-order valence-electron chi connectivity index (χ4n) is 4.06. The highest BCUT2D eigenvalue weighted by atomic mass is 79.9. The van der Waals surface area contributed by atoms with Crippen molar-refractivity contribution in [3.05, 3.63) is 63.9 Å². The van der Waals surface area contributed by atoms with Crippen molar-refractivity contribution in [2.75, 3.05) is 19.0 Å². The van der Waals surface area contributed by atoms with Crippen molar-refractivity contribution < 1.29 is 37.0 Å². The van der Waals surface area contributed by atoms with Crippen molar-refractivity contribution in [2.24, 2.45) is 11.8 Å². The van der Waals surface area contributed by atoms with Crippen LogP contribution in [-0.4, -0.2) is 31.2 Å². The quantitative estimate of drug-likeness (QED) is 0.360. The van der Waals surface area contributed by atoms with Gasteiger partial charge < -0.3 is 15.2 Å². The molecule has 0 radical (unpaired) electrons. The average molecular weight is 534 g/mol. The van der Waals surface area contributed by atoms with Crippen molar-refractivity contribution in [2.45, 2.75) is 31.4 Å². The molecule has 33 heavy (non-hydrogen) atoms. The third-order valence-corrected chi connectivity index (χ3v) is 6.00. The number of hydrogen-bond donors (Lipinski definition) is 2. The molecule has 10 heteroatoms. The Hall–Kier alpha value is -2.46. The maximum atomic E-state index is 14.1. The summed E-state index contributed by atoms with van der Waals surface area (Å²) in [6.45, 7) is 0.255. The van der Waals surface area contributed by atoms with Gasteiger partial charge in [-0.1, -0.05) is 28.1 Å². The average Bonchev–Trinajstić information content (AvgIpc) is 2.75. The monoisotopic (exact) mass is 533 g/mol. The van der Waals surface area contributed by atoms with E-state index in [4.69, 9.17) is 14.6 Å². The largest absolute Gasteiger partial charge is 0.483 e. The molecule has 1 saturated carbocycles. The van der Waals surface area contributed by atoms with Gasteiger partial charge in [0.15, 0.2) is 0 Å². The van der Waals surface area contributed by atoms with Crippen molar-refractivity contribution in [1.29, 1.82) is 0 Å². The fraction of sp³-hybridized carbons (Fsp3) is 0.391. The zero-order valence-electron chi connectivity index (χ0n) is 17.7. The summed E-state index contributed by atoms with van der Waals surface area (Å²) in [5.41, 5.74) is -0.231. The first-order valence-corrected chi connectivity index (χ1v) is 10.9. The Labute approximate surface area is 197 Å². The molecule has 3 rings (SSSR count). The van der Waals surface area contributed by atoms with E-state index in [1.54, 1.807) is 7.11 Å². The normalized spacial score (nSPS) is 20.4. The van der Waals surface area contributed by atoms with E-state index in [1.807, 2.05) is 24.3 Å². The van der Waals surface area contributed by atoms with Gasteiger partial charge in [0.1, 0.15) is 5.82 Å². The van der Waals surface area contributed by atoms with Crippen LogP contribution in [0.3, 0.4) is 0 Å². The lowest BCUT2D eigenvalue weighted by molar-refractivity contribution is -0.137. The summed E-state index contributed by atoms with van der Waals surface area (Å²) in [5, 5.41) is 9.36. The van der Waals surface area contributed by atoms with Gasteiger partial charge in [0, 0.05) is 24.1 Å². The second-order valence-electron chi connectivity index (χ2n) is 7.76. The maximum absolute atomic E-state index is 14.1. The number of amides is 1. The third kappa shape index (κ3) is 7.82. The van der Waals surface area contributed by atoms with Crippen LogP contribution in [0.5, 0.6) is 0 Å². The van der Waals surface area contributed by atoms with Gasteiger partial charge in [-0.05, 0) is 67.0 Å². The minimum absolute atomic E-state index is 0.139. The SMILES string of the molecule is COCC1CC(C(=O)Nc2ccc(C(F)(F)F)cc2F)CC(c2ccc(Br)cc2)C1.O=CO. The number of halogens is 5. The molecule has 0 aliphatic heterocycles. The number of carbonyl (C=O) groups excluding carboxylic acids is 1. The zero-order valence-corrected chi connectivity index (χ0v) is 19.3. The van der Waals surface area contributed by atoms with E-state index in [0.29, 0.717) is 25.5 Å². The van der Waals surface area contributed by atoms with Crippen LogP contribution in [0.4, 0.5) is 23.2 Å². The predicted octanol–water partition coefficient (Wildman–Crippen LogP) is 6.09. The summed E-state index contributed by atoms with van der Waals surface area (Å²) in [4.78, 5) is 21.2. The smallest absolute Gasteiger partial charge is 0.416 e. The van der Waals surface area contributed by atoms with Gasteiger partial charge in [-0.25, -0.2) is 4.39 Å². The molecule has 3 atom stereocenters. The summed E-state index contributed by atoms with van der Waals surface area (Å²) >= 11 is 3.41. The Morgan fingerprint density at radius 1 is 1.18 bits per heavy atom. The second kappa shape index (κ2) is 12.1. The molecule has 2 N–H and O–H groups in total. The topological polar surface area (TPSA) is 75.6 Å². The first-order valence-electron chi connectivity index (χ1n) is 10.1. The molecule has 5 nitrogen and oxygen atoms in total. The number of carboxylic acid groups (broad SMARTS) is 1. The van der Waals surface area contributed by atoms with Crippen LogP contribution >= 0.6 is 15.9 Å². The van der Waals surface area contributed by atoms with Crippen LogP contribution in [0, 0.1) is 17.7 Å². The van der Waals surface area contributed by atoms with E-state index >= 15 is 0 Å². The highest BCUT2D eigenvalue weighted by Gasteiger charge is 2.35. The summed E-state index contributed by atoms with van der Waals surface area (Å²) in [7, 11) is 1.61. The summed E-state index contributed by atoms with van der Waals surface area (Å²) < 4.78 is 58.6. The summed E-state index contributed by atoms with van der Waals surface area (Å²) in [6.07, 6.45) is -2.61. The Bertz CT molecular complexity index is 937. The van der Waals surface area contributed by atoms with Crippen molar-refractivity contribution in [3.63, 3.8) is 0 Å². The van der Waals surface area contributed by atoms with E-state index in [9.17, 15) is 22.4 Å². The fourth-order valence-corrected chi connectivity index (χ4v) is 4.32. The van der Waals surface area contributed by atoms with E-state index in [2.05, 4.69) is 21.2 Å². The van der Waals surface area contributed by atoms with Crippen LogP contribution in [0.15, 0.2) is 46.9 Å². The number of rotatable bonds is 5. The van der Waals surface area contributed by atoms with Gasteiger partial charge in [-0.3, -0.25) is 9.59 Å². The molecule has 1 amide bonds. The lowest BCUT2D eigenvalue weighted by atomic mass is 9.72. The minimum atomic E-state index is -4.64. The van der Waals surface area contributed by atoms with Crippen LogP contribution in [-0.2, 0) is 20.5 Å². The Kier molecular flexibility index (Phi) is 9.85. The first-order chi connectivity index (χ1) is 15.6. The van der Waals surface area contributed by atoms with Gasteiger partial charge in [0.25, 0.3) is 6.47 Å². The molecule has 1 aliphatic rings. The van der Waals surface area contributed by atoms with Crippen LogP contribution in [0.1, 0.15) is 36.3 Å². The number of nitrogens with one attached hydrogen (secondary N) is 1. The highest BCUT2D eigenvalue weighted by Crippen LogP contribution is 2.40. The molecule has 0 heterocycles. The second-order valence-corrected chi connectivity index (χ2v) is 8.68. The molecule has 0 aromatic heterocycles. The number of hydrogen-bond acceptors (Lipinski definition) is 3. The first kappa shape index (κ1) is 26.8. The molecular formula is C23H24BrF4NO4.